The molecule has 1 amide bonds. The molecule has 2 fully saturated rings. The van der Waals surface area contributed by atoms with Crippen molar-refractivity contribution in [2.24, 2.45) is 11.8 Å². The predicted octanol–water partition coefficient (Wildman–Crippen LogP) is 3.64. The van der Waals surface area contributed by atoms with E-state index in [9.17, 15) is 4.79 Å². The van der Waals surface area contributed by atoms with E-state index in [2.05, 4.69) is 10.6 Å². The Morgan fingerprint density at radius 3 is 2.42 bits per heavy atom. The highest BCUT2D eigenvalue weighted by molar-refractivity contribution is 7.80. The van der Waals surface area contributed by atoms with Gasteiger partial charge < -0.3 is 15.5 Å². The molecule has 0 heterocycles. The third-order valence-corrected chi connectivity index (χ3v) is 5.71. The number of carbonyl (C=O) groups excluding carboxylic acids is 1. The summed E-state index contributed by atoms with van der Waals surface area (Å²) in [6.07, 6.45) is 5.35. The molecule has 24 heavy (non-hydrogen) atoms. The van der Waals surface area contributed by atoms with Crippen LogP contribution >= 0.6 is 12.2 Å². The Labute approximate surface area is 150 Å². The van der Waals surface area contributed by atoms with Crippen LogP contribution in [0.2, 0.25) is 0 Å². The van der Waals surface area contributed by atoms with Gasteiger partial charge in [-0.05, 0) is 81.4 Å². The van der Waals surface area contributed by atoms with Crippen molar-refractivity contribution in [3.8, 4) is 0 Å². The number of nitrogens with zero attached hydrogens (tertiary/aromatic N) is 1. The molecular weight excluding hydrogens is 318 g/mol. The van der Waals surface area contributed by atoms with Gasteiger partial charge in [0.25, 0.3) is 5.91 Å². The number of nitrogens with one attached hydrogen (secondary N) is 2. The molecule has 5 heteroatoms. The third-order valence-electron chi connectivity index (χ3n) is 5.49. The summed E-state index contributed by atoms with van der Waals surface area (Å²) in [4.78, 5) is 14.1. The minimum absolute atomic E-state index is 0.0780. The third kappa shape index (κ3) is 3.72. The lowest BCUT2D eigenvalue weighted by Gasteiger charge is -2.24. The quantitative estimate of drug-likeness (QED) is 0.800. The summed E-state index contributed by atoms with van der Waals surface area (Å²) < 4.78 is 0. The lowest BCUT2D eigenvalue weighted by molar-refractivity contribution is 0.0773. The lowest BCUT2D eigenvalue weighted by Crippen LogP contribution is -2.40. The molecule has 2 saturated carbocycles. The molecule has 1 aromatic rings. The summed E-state index contributed by atoms with van der Waals surface area (Å²) >= 11 is 5.45. The van der Waals surface area contributed by atoms with Gasteiger partial charge in [-0.2, -0.15) is 0 Å². The average molecular weight is 346 g/mol. The van der Waals surface area contributed by atoms with Gasteiger partial charge in [0.05, 0.1) is 0 Å². The van der Waals surface area contributed by atoms with E-state index in [1.54, 1.807) is 0 Å². The molecule has 0 aliphatic heterocycles. The monoisotopic (exact) mass is 345 g/mol. The summed E-state index contributed by atoms with van der Waals surface area (Å²) in [5.41, 5.74) is 1.64. The summed E-state index contributed by atoms with van der Waals surface area (Å²) in [5.74, 6) is 1.78. The molecule has 0 unspecified atom stereocenters. The second-order valence-electron chi connectivity index (χ2n) is 6.93. The number of thiocarbonyl (C=S) groups is 1. The number of hydrogen-bond donors (Lipinski definition) is 2. The minimum Gasteiger partial charge on any atom is -0.359 e. The number of anilines is 1. The van der Waals surface area contributed by atoms with E-state index in [1.807, 2.05) is 43.0 Å². The Balaban J connectivity index is 1.54. The van der Waals surface area contributed by atoms with Crippen molar-refractivity contribution in [3.05, 3.63) is 29.8 Å². The maximum absolute atomic E-state index is 12.3. The van der Waals surface area contributed by atoms with Gasteiger partial charge in [-0.25, -0.2) is 0 Å². The first-order chi connectivity index (χ1) is 11.6. The molecule has 4 nitrogen and oxygen atoms in total. The smallest absolute Gasteiger partial charge is 0.253 e. The van der Waals surface area contributed by atoms with E-state index in [0.29, 0.717) is 11.2 Å². The van der Waals surface area contributed by atoms with Gasteiger partial charge in [-0.15, -0.1) is 0 Å². The summed E-state index contributed by atoms with van der Waals surface area (Å²) in [7, 11) is 0. The van der Waals surface area contributed by atoms with E-state index >= 15 is 0 Å². The molecule has 2 aliphatic carbocycles. The lowest BCUT2D eigenvalue weighted by atomic mass is 9.96. The van der Waals surface area contributed by atoms with Gasteiger partial charge in [0.1, 0.15) is 0 Å². The molecule has 1 aromatic carbocycles. The Morgan fingerprint density at radius 2 is 1.88 bits per heavy atom. The van der Waals surface area contributed by atoms with E-state index in [-0.39, 0.29) is 5.91 Å². The molecule has 0 radical (unpaired) electrons. The van der Waals surface area contributed by atoms with Crippen LogP contribution in [-0.4, -0.2) is 35.1 Å². The van der Waals surface area contributed by atoms with Crippen molar-refractivity contribution in [1.82, 2.24) is 10.2 Å². The zero-order valence-electron chi connectivity index (χ0n) is 14.5. The van der Waals surface area contributed by atoms with Gasteiger partial charge >= 0.3 is 0 Å². The first-order valence-electron chi connectivity index (χ1n) is 9.07. The van der Waals surface area contributed by atoms with Crippen LogP contribution in [0, 0.1) is 11.8 Å². The van der Waals surface area contributed by atoms with E-state index in [4.69, 9.17) is 12.2 Å². The SMILES string of the molecule is CCN(CC)C(=O)c1ccc(NC(=S)N[C@@H]2C[C@H]3CC[C@H]2C3)cc1. The molecule has 2 bridgehead atoms. The molecular formula is C19H27N3OS. The van der Waals surface area contributed by atoms with Crippen LogP contribution in [-0.2, 0) is 0 Å². The number of benzene rings is 1. The van der Waals surface area contributed by atoms with Crippen molar-refractivity contribution in [3.63, 3.8) is 0 Å². The highest BCUT2D eigenvalue weighted by atomic mass is 32.1. The van der Waals surface area contributed by atoms with Crippen LogP contribution < -0.4 is 10.6 Å². The largest absolute Gasteiger partial charge is 0.359 e. The second-order valence-corrected chi connectivity index (χ2v) is 7.34. The first kappa shape index (κ1) is 17.2. The molecule has 0 saturated heterocycles. The van der Waals surface area contributed by atoms with Crippen LogP contribution in [0.5, 0.6) is 0 Å². The minimum atomic E-state index is 0.0780. The molecule has 3 rings (SSSR count). The molecule has 3 atom stereocenters. The zero-order valence-corrected chi connectivity index (χ0v) is 15.4. The molecule has 0 aromatic heterocycles. The second kappa shape index (κ2) is 7.51. The summed E-state index contributed by atoms with van der Waals surface area (Å²) in [6, 6.07) is 8.11. The maximum Gasteiger partial charge on any atom is 0.253 e. The van der Waals surface area contributed by atoms with E-state index in [0.717, 1.165) is 36.2 Å². The number of fused-ring (bicyclic) bond motifs is 2. The molecule has 2 N–H and O–H groups in total. The van der Waals surface area contributed by atoms with Gasteiger partial charge in [0.15, 0.2) is 5.11 Å². The van der Waals surface area contributed by atoms with Crippen LogP contribution in [0.4, 0.5) is 5.69 Å². The topological polar surface area (TPSA) is 44.4 Å². The predicted molar refractivity (Wildman–Crippen MR) is 102 cm³/mol. The van der Waals surface area contributed by atoms with Crippen LogP contribution in [0.3, 0.4) is 0 Å². The highest BCUT2D eigenvalue weighted by Gasteiger charge is 2.39. The van der Waals surface area contributed by atoms with Crippen LogP contribution in [0.1, 0.15) is 49.9 Å². The number of carbonyl (C=O) groups is 1. The Kier molecular flexibility index (Phi) is 5.39. The summed E-state index contributed by atoms with van der Waals surface area (Å²) in [5, 5.41) is 7.42. The zero-order chi connectivity index (χ0) is 17.1. The Bertz CT molecular complexity index is 597. The molecule has 130 valence electrons. The van der Waals surface area contributed by atoms with Crippen molar-refractivity contribution in [1.29, 1.82) is 0 Å². The normalized spacial score (nSPS) is 24.7. The standard InChI is InChI=1S/C19H27N3OS/c1-3-22(4-2)18(23)14-7-9-16(10-8-14)20-19(24)21-17-12-13-5-6-15(17)11-13/h7-10,13,15,17H,3-6,11-12H2,1-2H3,(H2,20,21,24)/t13-,15-,17+/m0/s1. The van der Waals surface area contributed by atoms with E-state index < -0.39 is 0 Å². The number of rotatable bonds is 5. The Morgan fingerprint density at radius 1 is 1.17 bits per heavy atom. The van der Waals surface area contributed by atoms with Crippen molar-refractivity contribution in [2.75, 3.05) is 18.4 Å². The Hall–Kier alpha value is -1.62. The average Bonchev–Trinajstić information content (AvgIpc) is 3.19. The van der Waals surface area contributed by atoms with Crippen molar-refractivity contribution >= 4 is 28.9 Å². The van der Waals surface area contributed by atoms with Gasteiger partial charge in [-0.1, -0.05) is 6.42 Å². The van der Waals surface area contributed by atoms with Gasteiger partial charge in [0.2, 0.25) is 0 Å². The fourth-order valence-electron chi connectivity index (χ4n) is 4.15. The number of amides is 1. The highest BCUT2D eigenvalue weighted by Crippen LogP contribution is 2.44. The fourth-order valence-corrected chi connectivity index (χ4v) is 4.42. The van der Waals surface area contributed by atoms with Gasteiger partial charge in [-0.3, -0.25) is 4.79 Å². The fraction of sp³-hybridized carbons (Fsp3) is 0.579. The van der Waals surface area contributed by atoms with E-state index in [1.165, 1.54) is 25.7 Å². The number of hydrogen-bond acceptors (Lipinski definition) is 2. The maximum atomic E-state index is 12.3. The van der Waals surface area contributed by atoms with Crippen LogP contribution in [0.25, 0.3) is 0 Å². The first-order valence-corrected chi connectivity index (χ1v) is 9.48. The van der Waals surface area contributed by atoms with Crippen molar-refractivity contribution in [2.45, 2.75) is 45.6 Å². The van der Waals surface area contributed by atoms with Gasteiger partial charge in [0, 0.05) is 30.4 Å². The molecule has 2 aliphatic rings. The van der Waals surface area contributed by atoms with Crippen molar-refractivity contribution < 1.29 is 4.79 Å². The summed E-state index contributed by atoms with van der Waals surface area (Å²) in [6.45, 7) is 5.45. The molecule has 0 spiro atoms. The van der Waals surface area contributed by atoms with Crippen LogP contribution in [0.15, 0.2) is 24.3 Å².